The number of aliphatic hydroxyl groups excluding tert-OH is 1. The van der Waals surface area contributed by atoms with Crippen LogP contribution >= 0.6 is 0 Å². The van der Waals surface area contributed by atoms with Crippen LogP contribution in [-0.2, 0) is 24.4 Å². The second-order valence-electron chi connectivity index (χ2n) is 8.27. The van der Waals surface area contributed by atoms with E-state index in [4.69, 9.17) is 13.9 Å². The van der Waals surface area contributed by atoms with Crippen molar-refractivity contribution < 1.29 is 38.8 Å². The second kappa shape index (κ2) is 12.4. The lowest BCUT2D eigenvalue weighted by molar-refractivity contribution is -0.138. The van der Waals surface area contributed by atoms with Crippen LogP contribution in [0.15, 0.2) is 83.3 Å². The van der Waals surface area contributed by atoms with E-state index in [1.54, 1.807) is 24.3 Å². The van der Waals surface area contributed by atoms with Gasteiger partial charge in [0.05, 0.1) is 12.3 Å². The molecule has 0 atom stereocenters. The topological polar surface area (TPSA) is 143 Å². The number of phenols is 1. The Morgan fingerprint density at radius 2 is 1.61 bits per heavy atom. The Kier molecular flexibility index (Phi) is 8.57. The Labute approximate surface area is 218 Å². The summed E-state index contributed by atoms with van der Waals surface area (Å²) in [6.45, 7) is -0.529. The van der Waals surface area contributed by atoms with E-state index < -0.39 is 18.6 Å². The molecule has 1 heterocycles. The number of amides is 1. The van der Waals surface area contributed by atoms with E-state index in [0.717, 1.165) is 10.5 Å². The lowest BCUT2D eigenvalue weighted by Gasteiger charge is -2.20. The molecule has 0 unspecified atom stereocenters. The predicted octanol–water partition coefficient (Wildman–Crippen LogP) is 4.25. The molecule has 0 saturated carbocycles. The molecule has 0 aliphatic rings. The van der Waals surface area contributed by atoms with Crippen molar-refractivity contribution in [1.29, 1.82) is 0 Å². The second-order valence-corrected chi connectivity index (χ2v) is 8.27. The van der Waals surface area contributed by atoms with Gasteiger partial charge in [0.1, 0.15) is 30.4 Å². The number of carboxylic acids is 1. The lowest BCUT2D eigenvalue weighted by Crippen LogP contribution is -2.37. The smallest absolute Gasteiger partial charge is 0.416 e. The number of carbonyl (C=O) groups is 2. The highest BCUT2D eigenvalue weighted by Crippen LogP contribution is 2.23. The Balaban J connectivity index is 1.33. The van der Waals surface area contributed by atoms with Crippen LogP contribution < -0.4 is 9.47 Å². The summed E-state index contributed by atoms with van der Waals surface area (Å²) >= 11 is 0. The summed E-state index contributed by atoms with van der Waals surface area (Å²) in [5, 5.41) is 28.2. The van der Waals surface area contributed by atoms with Gasteiger partial charge in [-0.05, 0) is 54.1 Å². The zero-order chi connectivity index (χ0) is 26.9. The maximum atomic E-state index is 12.5. The summed E-state index contributed by atoms with van der Waals surface area (Å²) < 4.78 is 16.7. The third kappa shape index (κ3) is 7.11. The summed E-state index contributed by atoms with van der Waals surface area (Å²) in [4.78, 5) is 29.4. The molecule has 0 spiro atoms. The highest BCUT2D eigenvalue weighted by Gasteiger charge is 2.20. The van der Waals surface area contributed by atoms with Crippen LogP contribution in [0.25, 0.3) is 11.5 Å². The molecule has 1 aromatic heterocycles. The zero-order valence-electron chi connectivity index (χ0n) is 20.3. The number of carboxylic acid groups (broad SMARTS) is 1. The van der Waals surface area contributed by atoms with Crippen molar-refractivity contribution in [2.45, 2.75) is 19.6 Å². The molecule has 10 nitrogen and oxygen atoms in total. The third-order valence-electron chi connectivity index (χ3n) is 5.47. The van der Waals surface area contributed by atoms with Crippen molar-refractivity contribution in [1.82, 2.24) is 9.88 Å². The van der Waals surface area contributed by atoms with Crippen molar-refractivity contribution in [2.24, 2.45) is 0 Å². The molecule has 4 rings (SSSR count). The zero-order valence-corrected chi connectivity index (χ0v) is 20.3. The highest BCUT2D eigenvalue weighted by atomic mass is 16.6. The lowest BCUT2D eigenvalue weighted by atomic mass is 10.2. The minimum absolute atomic E-state index is 0.00452. The molecule has 0 fully saturated rings. The first kappa shape index (κ1) is 26.2. The van der Waals surface area contributed by atoms with Crippen LogP contribution in [0, 0.1) is 0 Å². The Bertz CT molecular complexity index is 1350. The summed E-state index contributed by atoms with van der Waals surface area (Å²) in [6, 6.07) is 21.8. The van der Waals surface area contributed by atoms with E-state index in [-0.39, 0.29) is 31.3 Å². The molecule has 0 bridgehead atoms. The summed E-state index contributed by atoms with van der Waals surface area (Å²) in [7, 11) is 0. The number of hydrogen-bond acceptors (Lipinski definition) is 8. The van der Waals surface area contributed by atoms with Gasteiger partial charge in [-0.25, -0.2) is 9.78 Å². The van der Waals surface area contributed by atoms with Crippen LogP contribution in [0.4, 0.5) is 4.79 Å². The van der Waals surface area contributed by atoms with Gasteiger partial charge in [0.2, 0.25) is 5.89 Å². The van der Waals surface area contributed by atoms with Gasteiger partial charge in [-0.1, -0.05) is 30.3 Å². The van der Waals surface area contributed by atoms with Crippen LogP contribution in [0.2, 0.25) is 0 Å². The van der Waals surface area contributed by atoms with Gasteiger partial charge in [0, 0.05) is 18.5 Å². The molecule has 3 aromatic carbocycles. The molecule has 38 heavy (non-hydrogen) atoms. The van der Waals surface area contributed by atoms with E-state index in [0.29, 0.717) is 35.1 Å². The number of phenolic OH excluding ortho intramolecular Hbond substituents is 1. The summed E-state index contributed by atoms with van der Waals surface area (Å²) in [6.07, 6.45) is -0.413. The average Bonchev–Trinajstić information content (AvgIpc) is 3.34. The first-order valence-electron chi connectivity index (χ1n) is 11.8. The van der Waals surface area contributed by atoms with Crippen LogP contribution in [0.1, 0.15) is 17.0 Å². The standard InChI is InChI=1S/C28H26N2O8/c31-18-25-24(29-27(38-25)20-4-2-1-3-5-20)14-15-36-22-10-6-19(7-11-22)16-30(17-26(33)34)28(35)37-23-12-8-21(32)9-13-23/h1-13,31-32H,14-18H2,(H,33,34). The number of aliphatic carboxylic acids is 1. The molecular formula is C28H26N2O8. The molecule has 196 valence electrons. The molecule has 1 amide bonds. The quantitative estimate of drug-likeness (QED) is 0.266. The van der Waals surface area contributed by atoms with Crippen molar-refractivity contribution in [3.63, 3.8) is 0 Å². The van der Waals surface area contributed by atoms with Crippen molar-refractivity contribution in [2.75, 3.05) is 13.2 Å². The molecule has 0 radical (unpaired) electrons. The molecular weight excluding hydrogens is 492 g/mol. The van der Waals surface area contributed by atoms with Gasteiger partial charge < -0.3 is 29.2 Å². The van der Waals surface area contributed by atoms with E-state index in [9.17, 15) is 24.9 Å². The molecule has 0 saturated heterocycles. The van der Waals surface area contributed by atoms with Gasteiger partial charge in [0.15, 0.2) is 5.76 Å². The number of aliphatic hydroxyl groups is 1. The fourth-order valence-corrected chi connectivity index (χ4v) is 3.61. The van der Waals surface area contributed by atoms with E-state index in [2.05, 4.69) is 4.98 Å². The number of oxazole rings is 1. The van der Waals surface area contributed by atoms with Crippen LogP contribution in [0.5, 0.6) is 17.2 Å². The highest BCUT2D eigenvalue weighted by molar-refractivity contribution is 5.78. The van der Waals surface area contributed by atoms with Gasteiger partial charge >= 0.3 is 12.1 Å². The van der Waals surface area contributed by atoms with E-state index >= 15 is 0 Å². The minimum atomic E-state index is -1.18. The molecule has 0 aliphatic heterocycles. The summed E-state index contributed by atoms with van der Waals surface area (Å²) in [5.74, 6) is 0.408. The SMILES string of the molecule is O=C(O)CN(Cc1ccc(OCCc2nc(-c3ccccc3)oc2CO)cc1)C(=O)Oc1ccc(O)cc1. The molecule has 4 aromatic rings. The molecule has 10 heteroatoms. The number of benzene rings is 3. The first-order chi connectivity index (χ1) is 18.4. The number of aromatic nitrogens is 1. The number of carbonyl (C=O) groups excluding carboxylic acids is 1. The maximum absolute atomic E-state index is 12.5. The molecule has 0 aliphatic carbocycles. The van der Waals surface area contributed by atoms with Gasteiger partial charge in [-0.15, -0.1) is 0 Å². The van der Waals surface area contributed by atoms with Crippen molar-refractivity contribution >= 4 is 12.1 Å². The van der Waals surface area contributed by atoms with Crippen LogP contribution in [-0.4, -0.2) is 50.4 Å². The first-order valence-corrected chi connectivity index (χ1v) is 11.8. The predicted molar refractivity (Wildman–Crippen MR) is 136 cm³/mol. The Morgan fingerprint density at radius 1 is 0.921 bits per heavy atom. The number of hydrogen-bond donors (Lipinski definition) is 3. The fourth-order valence-electron chi connectivity index (χ4n) is 3.61. The largest absolute Gasteiger partial charge is 0.508 e. The number of rotatable bonds is 11. The molecule has 3 N–H and O–H groups in total. The normalized spacial score (nSPS) is 10.7. The van der Waals surface area contributed by atoms with Gasteiger partial charge in [-0.3, -0.25) is 9.69 Å². The van der Waals surface area contributed by atoms with Gasteiger partial charge in [-0.2, -0.15) is 0 Å². The number of nitrogens with zero attached hydrogens (tertiary/aromatic N) is 2. The number of aromatic hydroxyl groups is 1. The van der Waals surface area contributed by atoms with Crippen molar-refractivity contribution in [3.05, 3.63) is 95.9 Å². The van der Waals surface area contributed by atoms with Crippen molar-refractivity contribution in [3.8, 4) is 28.7 Å². The fraction of sp³-hybridized carbons (Fsp3) is 0.179. The van der Waals surface area contributed by atoms with Gasteiger partial charge in [0.25, 0.3) is 0 Å². The maximum Gasteiger partial charge on any atom is 0.416 e. The third-order valence-corrected chi connectivity index (χ3v) is 5.47. The Hall–Kier alpha value is -4.83. The van der Waals surface area contributed by atoms with Crippen LogP contribution in [0.3, 0.4) is 0 Å². The average molecular weight is 519 g/mol. The number of ether oxygens (including phenoxy) is 2. The monoisotopic (exact) mass is 518 g/mol. The Morgan fingerprint density at radius 3 is 2.26 bits per heavy atom. The van der Waals surface area contributed by atoms with E-state index in [1.165, 1.54) is 24.3 Å². The summed E-state index contributed by atoms with van der Waals surface area (Å²) in [5.41, 5.74) is 2.10. The minimum Gasteiger partial charge on any atom is -0.508 e. The van der Waals surface area contributed by atoms with E-state index in [1.807, 2.05) is 30.3 Å².